The molecule has 4 rings (SSSR count). The third kappa shape index (κ3) is 3.37. The Balaban J connectivity index is 2.11. The minimum absolute atomic E-state index is 0.0147. The van der Waals surface area contributed by atoms with Gasteiger partial charge in [-0.1, -0.05) is 43.3 Å². The second-order valence-electron chi connectivity index (χ2n) is 7.84. The number of pyridine rings is 2. The molecule has 1 saturated heterocycles. The van der Waals surface area contributed by atoms with Crippen LogP contribution >= 0.6 is 0 Å². The number of nitrogens with zero attached hydrogens (tertiary/aromatic N) is 2. The number of ether oxygens (including phenoxy) is 1. The van der Waals surface area contributed by atoms with E-state index in [1.165, 1.54) is 0 Å². The van der Waals surface area contributed by atoms with E-state index >= 15 is 4.39 Å². The lowest BCUT2D eigenvalue weighted by Gasteiger charge is -2.41. The summed E-state index contributed by atoms with van der Waals surface area (Å²) in [6.07, 6.45) is 5.00. The SMILES string of the molecule is CC1CCCOC1(C)c1c(F)c(-c2ccccc2)nc(C(N)=O)c1-c1cccnc1. The van der Waals surface area contributed by atoms with E-state index in [9.17, 15) is 4.79 Å². The van der Waals surface area contributed by atoms with Crippen LogP contribution in [-0.2, 0) is 10.3 Å². The molecule has 1 aromatic carbocycles. The highest BCUT2D eigenvalue weighted by molar-refractivity contribution is 5.99. The Hall–Kier alpha value is -3.12. The number of amides is 1. The molecule has 3 heterocycles. The van der Waals surface area contributed by atoms with Crippen LogP contribution in [0.15, 0.2) is 54.9 Å². The van der Waals surface area contributed by atoms with E-state index in [1.54, 1.807) is 48.8 Å². The van der Waals surface area contributed by atoms with E-state index in [0.717, 1.165) is 12.8 Å². The predicted octanol–water partition coefficient (Wildman–Crippen LogP) is 4.71. The Kier molecular flexibility index (Phi) is 5.35. The Labute approximate surface area is 175 Å². The highest BCUT2D eigenvalue weighted by Gasteiger charge is 2.43. The fraction of sp³-hybridized carbons (Fsp3) is 0.292. The third-order valence-corrected chi connectivity index (χ3v) is 5.99. The Bertz CT molecular complexity index is 1070. The van der Waals surface area contributed by atoms with Gasteiger partial charge in [-0.25, -0.2) is 9.37 Å². The molecule has 1 aliphatic heterocycles. The maximum Gasteiger partial charge on any atom is 0.267 e. The number of primary amides is 1. The zero-order chi connectivity index (χ0) is 21.3. The number of benzene rings is 1. The number of rotatable bonds is 4. The number of nitrogens with two attached hydrogens (primary N) is 1. The van der Waals surface area contributed by atoms with Gasteiger partial charge in [0.1, 0.15) is 11.4 Å². The Morgan fingerprint density at radius 1 is 1.20 bits per heavy atom. The van der Waals surface area contributed by atoms with Gasteiger partial charge in [-0.3, -0.25) is 9.78 Å². The second kappa shape index (κ2) is 7.95. The zero-order valence-electron chi connectivity index (χ0n) is 17.1. The van der Waals surface area contributed by atoms with Crippen LogP contribution in [0.4, 0.5) is 4.39 Å². The van der Waals surface area contributed by atoms with E-state index in [2.05, 4.69) is 9.97 Å². The summed E-state index contributed by atoms with van der Waals surface area (Å²) < 4.78 is 22.4. The van der Waals surface area contributed by atoms with Crippen LogP contribution in [0.2, 0.25) is 0 Å². The molecule has 1 aliphatic rings. The summed E-state index contributed by atoms with van der Waals surface area (Å²) in [7, 11) is 0. The van der Waals surface area contributed by atoms with Gasteiger partial charge < -0.3 is 10.5 Å². The first kappa shape index (κ1) is 20.2. The monoisotopic (exact) mass is 405 g/mol. The summed E-state index contributed by atoms with van der Waals surface area (Å²) in [5.74, 6) is -1.19. The summed E-state index contributed by atoms with van der Waals surface area (Å²) in [5, 5.41) is 0. The lowest BCUT2D eigenvalue weighted by atomic mass is 9.75. The largest absolute Gasteiger partial charge is 0.370 e. The van der Waals surface area contributed by atoms with Crippen molar-refractivity contribution >= 4 is 5.91 Å². The lowest BCUT2D eigenvalue weighted by Crippen LogP contribution is -2.40. The van der Waals surface area contributed by atoms with Crippen LogP contribution < -0.4 is 5.73 Å². The van der Waals surface area contributed by atoms with Crippen molar-refractivity contribution in [1.82, 2.24) is 9.97 Å². The molecular weight excluding hydrogens is 381 g/mol. The van der Waals surface area contributed by atoms with E-state index in [0.29, 0.717) is 28.9 Å². The number of aromatic nitrogens is 2. The molecule has 6 heteroatoms. The fourth-order valence-electron chi connectivity index (χ4n) is 4.20. The molecule has 2 unspecified atom stereocenters. The number of halogens is 1. The van der Waals surface area contributed by atoms with Crippen molar-refractivity contribution in [2.75, 3.05) is 6.61 Å². The van der Waals surface area contributed by atoms with Crippen molar-refractivity contribution < 1.29 is 13.9 Å². The topological polar surface area (TPSA) is 78.1 Å². The normalized spacial score (nSPS) is 21.4. The van der Waals surface area contributed by atoms with Crippen LogP contribution in [0.1, 0.15) is 42.7 Å². The first-order valence-electron chi connectivity index (χ1n) is 10.1. The first-order chi connectivity index (χ1) is 14.4. The fourth-order valence-corrected chi connectivity index (χ4v) is 4.20. The quantitative estimate of drug-likeness (QED) is 0.682. The Morgan fingerprint density at radius 3 is 2.57 bits per heavy atom. The van der Waals surface area contributed by atoms with Crippen LogP contribution in [-0.4, -0.2) is 22.5 Å². The summed E-state index contributed by atoms with van der Waals surface area (Å²) in [5.41, 5.74) is 6.72. The molecule has 1 amide bonds. The van der Waals surface area contributed by atoms with Gasteiger partial charge in [-0.15, -0.1) is 0 Å². The smallest absolute Gasteiger partial charge is 0.267 e. The molecule has 0 bridgehead atoms. The molecule has 0 radical (unpaired) electrons. The molecule has 0 spiro atoms. The highest BCUT2D eigenvalue weighted by atomic mass is 19.1. The van der Waals surface area contributed by atoms with Gasteiger partial charge >= 0.3 is 0 Å². The molecule has 2 N–H and O–H groups in total. The number of carbonyl (C=O) groups excluding carboxylic acids is 1. The molecule has 154 valence electrons. The molecule has 3 aromatic rings. The highest BCUT2D eigenvalue weighted by Crippen LogP contribution is 2.47. The molecule has 2 aromatic heterocycles. The number of carbonyl (C=O) groups is 1. The van der Waals surface area contributed by atoms with Gasteiger partial charge in [0.05, 0.1) is 5.60 Å². The van der Waals surface area contributed by atoms with E-state index < -0.39 is 17.3 Å². The van der Waals surface area contributed by atoms with Gasteiger partial charge in [0.15, 0.2) is 5.82 Å². The molecule has 0 saturated carbocycles. The molecule has 0 aliphatic carbocycles. The van der Waals surface area contributed by atoms with Gasteiger partial charge in [0.2, 0.25) is 0 Å². The molecular formula is C24H24FN3O2. The van der Waals surface area contributed by atoms with Gasteiger partial charge in [-0.05, 0) is 31.7 Å². The summed E-state index contributed by atoms with van der Waals surface area (Å²) in [4.78, 5) is 21.0. The van der Waals surface area contributed by atoms with Gasteiger partial charge in [0.25, 0.3) is 5.91 Å². The van der Waals surface area contributed by atoms with Crippen molar-refractivity contribution in [3.05, 3.63) is 71.9 Å². The van der Waals surface area contributed by atoms with Crippen molar-refractivity contribution in [1.29, 1.82) is 0 Å². The van der Waals surface area contributed by atoms with Crippen molar-refractivity contribution in [3.8, 4) is 22.4 Å². The predicted molar refractivity (Wildman–Crippen MR) is 113 cm³/mol. The maximum atomic E-state index is 16.2. The molecule has 1 fully saturated rings. The standard InChI is InChI=1S/C24H24FN3O2/c1-15-8-7-13-30-24(15,2)19-18(17-11-6-12-27-14-17)22(23(26)29)28-21(20(19)25)16-9-4-3-5-10-16/h3-6,9-12,14-15H,7-8,13H2,1-2H3,(H2,26,29). The van der Waals surface area contributed by atoms with Crippen molar-refractivity contribution in [2.24, 2.45) is 11.7 Å². The van der Waals surface area contributed by atoms with Crippen molar-refractivity contribution in [3.63, 3.8) is 0 Å². The average molecular weight is 405 g/mol. The average Bonchev–Trinajstić information content (AvgIpc) is 2.76. The summed E-state index contributed by atoms with van der Waals surface area (Å²) in [6, 6.07) is 12.5. The zero-order valence-corrected chi connectivity index (χ0v) is 17.1. The summed E-state index contributed by atoms with van der Waals surface area (Å²) >= 11 is 0. The third-order valence-electron chi connectivity index (χ3n) is 5.99. The van der Waals surface area contributed by atoms with Crippen LogP contribution in [0.3, 0.4) is 0 Å². The van der Waals surface area contributed by atoms with Crippen molar-refractivity contribution in [2.45, 2.75) is 32.3 Å². The van der Waals surface area contributed by atoms with Crippen LogP contribution in [0.5, 0.6) is 0 Å². The first-order valence-corrected chi connectivity index (χ1v) is 10.1. The lowest BCUT2D eigenvalue weighted by molar-refractivity contribution is -0.108. The Morgan fingerprint density at radius 2 is 1.93 bits per heavy atom. The second-order valence-corrected chi connectivity index (χ2v) is 7.84. The molecule has 30 heavy (non-hydrogen) atoms. The molecule has 2 atom stereocenters. The van der Waals surface area contributed by atoms with E-state index in [4.69, 9.17) is 10.5 Å². The molecule has 5 nitrogen and oxygen atoms in total. The van der Waals surface area contributed by atoms with Gasteiger partial charge in [0, 0.05) is 41.3 Å². The summed E-state index contributed by atoms with van der Waals surface area (Å²) in [6.45, 7) is 4.44. The van der Waals surface area contributed by atoms with E-state index in [1.807, 2.05) is 19.9 Å². The van der Waals surface area contributed by atoms with Crippen LogP contribution in [0, 0.1) is 11.7 Å². The minimum atomic E-state index is -0.940. The number of hydrogen-bond acceptors (Lipinski definition) is 4. The number of hydrogen-bond donors (Lipinski definition) is 1. The maximum absolute atomic E-state index is 16.2. The van der Waals surface area contributed by atoms with Crippen LogP contribution in [0.25, 0.3) is 22.4 Å². The van der Waals surface area contributed by atoms with Gasteiger partial charge in [-0.2, -0.15) is 0 Å². The minimum Gasteiger partial charge on any atom is -0.370 e. The van der Waals surface area contributed by atoms with E-state index in [-0.39, 0.29) is 17.3 Å².